The van der Waals surface area contributed by atoms with Crippen LogP contribution in [0.1, 0.15) is 109 Å². The van der Waals surface area contributed by atoms with Crippen LogP contribution in [0.25, 0.3) is 11.1 Å². The Kier molecular flexibility index (Phi) is 10.4. The maximum absolute atomic E-state index is 6.45. The van der Waals surface area contributed by atoms with Gasteiger partial charge in [-0.15, -0.1) is 0 Å². The van der Waals surface area contributed by atoms with Gasteiger partial charge in [0.15, 0.2) is 0 Å². The zero-order valence-corrected chi connectivity index (χ0v) is 28.8. The molecule has 0 amide bonds. The van der Waals surface area contributed by atoms with Crippen LogP contribution in [-0.4, -0.2) is 26.4 Å². The van der Waals surface area contributed by atoms with Crippen LogP contribution in [0.5, 0.6) is 11.5 Å². The third-order valence-corrected chi connectivity index (χ3v) is 11.1. The average Bonchev–Trinajstić information content (AvgIpc) is 3.47. The molecule has 0 aliphatic heterocycles. The molecule has 0 heterocycles. The van der Waals surface area contributed by atoms with Gasteiger partial charge in [-0.25, -0.2) is 0 Å². The van der Waals surface area contributed by atoms with Crippen LogP contribution < -0.4 is 9.47 Å². The minimum absolute atomic E-state index is 0.472. The second kappa shape index (κ2) is 15.4. The smallest absolute Gasteiger partial charge is 0.122 e. The number of rotatable bonds is 14. The van der Waals surface area contributed by atoms with E-state index in [2.05, 4.69) is 98.1 Å². The molecule has 4 nitrogen and oxygen atoms in total. The summed E-state index contributed by atoms with van der Waals surface area (Å²) in [6.07, 6.45) is 15.4. The lowest BCUT2D eigenvalue weighted by molar-refractivity contribution is 0.178. The first-order valence-electron chi connectivity index (χ1n) is 18.4. The van der Waals surface area contributed by atoms with Gasteiger partial charge in [0.05, 0.1) is 17.9 Å². The lowest BCUT2D eigenvalue weighted by Gasteiger charge is -2.36. The maximum atomic E-state index is 6.45. The molecule has 0 bridgehead atoms. The predicted octanol–water partition coefficient (Wildman–Crippen LogP) is 11.2. The summed E-state index contributed by atoms with van der Waals surface area (Å²) in [5.41, 5.74) is 10.0. The van der Waals surface area contributed by atoms with Gasteiger partial charge >= 0.3 is 0 Å². The molecule has 254 valence electrons. The molecule has 2 saturated carbocycles. The van der Waals surface area contributed by atoms with Crippen molar-refractivity contribution in [3.05, 3.63) is 144 Å². The molecule has 7 rings (SSSR count). The second-order valence-corrected chi connectivity index (χ2v) is 13.8. The minimum Gasteiger partial charge on any atom is -0.498 e. The summed E-state index contributed by atoms with van der Waals surface area (Å²) in [7, 11) is 0. The summed E-state index contributed by atoms with van der Waals surface area (Å²) in [6.45, 7) is 9.34. The predicted molar refractivity (Wildman–Crippen MR) is 199 cm³/mol. The second-order valence-electron chi connectivity index (χ2n) is 13.8. The van der Waals surface area contributed by atoms with Crippen molar-refractivity contribution >= 4 is 0 Å². The first-order valence-corrected chi connectivity index (χ1v) is 18.4. The Morgan fingerprint density at radius 3 is 1.39 bits per heavy atom. The lowest BCUT2D eigenvalue weighted by atomic mass is 9.66. The zero-order chi connectivity index (χ0) is 33.5. The molecule has 0 N–H and O–H groups in total. The summed E-state index contributed by atoms with van der Waals surface area (Å²) >= 11 is 0. The largest absolute Gasteiger partial charge is 0.498 e. The fourth-order valence-corrected chi connectivity index (χ4v) is 8.88. The summed E-state index contributed by atoms with van der Waals surface area (Å²) in [5.74, 6) is 2.90. The summed E-state index contributed by atoms with van der Waals surface area (Å²) in [4.78, 5) is 0. The standard InChI is InChI=1S/C45H50O4/c1-3-46-27-29-48-43-25-23-35(31-39(43)33-15-7-5-8-16-33)45(41-21-13-11-19-37(41)38-20-12-14-22-42(38)45)36-24-26-44(49-30-28-47-4-2)40(32-36)34-17-9-6-10-18-34/h3-4,11-14,19-26,31-34H,1-2,5-10,15-18,27-30H2. The van der Waals surface area contributed by atoms with Gasteiger partial charge in [-0.3, -0.25) is 0 Å². The van der Waals surface area contributed by atoms with Crippen molar-refractivity contribution in [3.63, 3.8) is 0 Å². The molecule has 0 unspecified atom stereocenters. The molecule has 4 aromatic carbocycles. The molecule has 2 fully saturated rings. The van der Waals surface area contributed by atoms with Gasteiger partial charge in [0.1, 0.15) is 37.9 Å². The Hall–Kier alpha value is -4.44. The fourth-order valence-electron chi connectivity index (χ4n) is 8.88. The van der Waals surface area contributed by atoms with Gasteiger partial charge in [0.25, 0.3) is 0 Å². The molecule has 3 aliphatic rings. The van der Waals surface area contributed by atoms with Gasteiger partial charge in [-0.05, 0) is 94.2 Å². The Labute approximate surface area is 292 Å². The van der Waals surface area contributed by atoms with Crippen molar-refractivity contribution < 1.29 is 18.9 Å². The van der Waals surface area contributed by atoms with Crippen LogP contribution in [0, 0.1) is 0 Å². The van der Waals surface area contributed by atoms with E-state index in [9.17, 15) is 0 Å². The molecule has 4 aromatic rings. The van der Waals surface area contributed by atoms with Crippen LogP contribution in [0.2, 0.25) is 0 Å². The Bertz CT molecular complexity index is 1610. The van der Waals surface area contributed by atoms with E-state index in [-0.39, 0.29) is 0 Å². The summed E-state index contributed by atoms with van der Waals surface area (Å²) in [5, 5.41) is 0. The molecule has 0 aromatic heterocycles. The maximum Gasteiger partial charge on any atom is 0.122 e. The Balaban J connectivity index is 1.43. The van der Waals surface area contributed by atoms with Crippen LogP contribution in [-0.2, 0) is 14.9 Å². The highest BCUT2D eigenvalue weighted by molar-refractivity contribution is 5.86. The third-order valence-electron chi connectivity index (χ3n) is 11.1. The van der Waals surface area contributed by atoms with Crippen molar-refractivity contribution in [2.75, 3.05) is 26.4 Å². The van der Waals surface area contributed by atoms with Crippen molar-refractivity contribution in [1.29, 1.82) is 0 Å². The minimum atomic E-state index is -0.491. The fraction of sp³-hybridized carbons (Fsp3) is 0.378. The van der Waals surface area contributed by atoms with Gasteiger partial charge in [0.2, 0.25) is 0 Å². The van der Waals surface area contributed by atoms with Gasteiger partial charge in [-0.1, -0.05) is 124 Å². The Morgan fingerprint density at radius 2 is 0.959 bits per heavy atom. The number of ether oxygens (including phenoxy) is 4. The van der Waals surface area contributed by atoms with Crippen LogP contribution in [0.4, 0.5) is 0 Å². The van der Waals surface area contributed by atoms with E-state index >= 15 is 0 Å². The molecule has 0 atom stereocenters. The van der Waals surface area contributed by atoms with Crippen molar-refractivity contribution in [2.24, 2.45) is 0 Å². The van der Waals surface area contributed by atoms with Crippen LogP contribution >= 0.6 is 0 Å². The number of fused-ring (bicyclic) bond motifs is 3. The van der Waals surface area contributed by atoms with E-state index in [1.54, 1.807) is 0 Å². The molecule has 4 heteroatoms. The van der Waals surface area contributed by atoms with E-state index in [0.29, 0.717) is 38.3 Å². The van der Waals surface area contributed by atoms with Crippen molar-refractivity contribution in [2.45, 2.75) is 81.5 Å². The molecular weight excluding hydrogens is 604 g/mol. The molecule has 3 aliphatic carbocycles. The van der Waals surface area contributed by atoms with E-state index in [1.165, 1.54) is 121 Å². The monoisotopic (exact) mass is 654 g/mol. The van der Waals surface area contributed by atoms with Gasteiger partial charge in [-0.2, -0.15) is 0 Å². The number of benzene rings is 4. The summed E-state index contributed by atoms with van der Waals surface area (Å²) in [6, 6.07) is 32.2. The highest BCUT2D eigenvalue weighted by Gasteiger charge is 2.47. The summed E-state index contributed by atoms with van der Waals surface area (Å²) < 4.78 is 23.7. The topological polar surface area (TPSA) is 36.9 Å². The van der Waals surface area contributed by atoms with Crippen LogP contribution in [0.15, 0.2) is 111 Å². The van der Waals surface area contributed by atoms with Crippen LogP contribution in [0.3, 0.4) is 0 Å². The van der Waals surface area contributed by atoms with E-state index in [4.69, 9.17) is 18.9 Å². The number of hydrogen-bond donors (Lipinski definition) is 0. The van der Waals surface area contributed by atoms with Gasteiger partial charge in [0, 0.05) is 0 Å². The SMILES string of the molecule is C=COCCOc1ccc(C2(c3ccc(OCCOC=C)c(C4CCCCC4)c3)c3ccccc3-c3ccccc32)cc1C1CCCCC1. The molecule has 0 radical (unpaired) electrons. The van der Waals surface area contributed by atoms with Gasteiger partial charge < -0.3 is 18.9 Å². The van der Waals surface area contributed by atoms with E-state index < -0.39 is 5.41 Å². The lowest BCUT2D eigenvalue weighted by Crippen LogP contribution is -2.29. The quantitative estimate of drug-likeness (QED) is 0.0882. The highest BCUT2D eigenvalue weighted by atomic mass is 16.5. The first-order chi connectivity index (χ1) is 24.3. The molecule has 0 spiro atoms. The molecular formula is C45H50O4. The molecule has 49 heavy (non-hydrogen) atoms. The average molecular weight is 655 g/mol. The zero-order valence-electron chi connectivity index (χ0n) is 28.8. The third kappa shape index (κ3) is 6.50. The number of hydrogen-bond acceptors (Lipinski definition) is 4. The van der Waals surface area contributed by atoms with Crippen molar-refractivity contribution in [1.82, 2.24) is 0 Å². The first kappa shape index (κ1) is 33.1. The van der Waals surface area contributed by atoms with Crippen molar-refractivity contribution in [3.8, 4) is 22.6 Å². The Morgan fingerprint density at radius 1 is 0.531 bits per heavy atom. The molecule has 0 saturated heterocycles. The van der Waals surface area contributed by atoms with E-state index in [1.807, 2.05) is 0 Å². The highest BCUT2D eigenvalue weighted by Crippen LogP contribution is 2.57. The normalized spacial score (nSPS) is 17.1. The van der Waals surface area contributed by atoms with E-state index in [0.717, 1.165) is 11.5 Å².